The van der Waals surface area contributed by atoms with Crippen LogP contribution in [0.1, 0.15) is 29.0 Å². The number of nitrogens with one attached hydrogen (secondary N) is 1. The van der Waals surface area contributed by atoms with Gasteiger partial charge in [-0.15, -0.1) is 11.3 Å². The molecule has 1 unspecified atom stereocenters. The van der Waals surface area contributed by atoms with Crippen molar-refractivity contribution < 1.29 is 0 Å². The SMILES string of the molecule is CCNC(c1ccccc1)c1ccsc1C. The standard InChI is InChI=1S/C14H17NS/c1-3-15-14(12-7-5-4-6-8-12)13-9-10-16-11(13)2/h4-10,14-15H,3H2,1-2H3. The molecule has 1 nitrogen and oxygen atoms in total. The molecule has 0 aliphatic carbocycles. The number of thiophene rings is 1. The molecule has 1 aromatic carbocycles. The van der Waals surface area contributed by atoms with Crippen molar-refractivity contribution in [2.45, 2.75) is 19.9 Å². The van der Waals surface area contributed by atoms with Gasteiger partial charge in [0.1, 0.15) is 0 Å². The van der Waals surface area contributed by atoms with Crippen molar-refractivity contribution in [3.05, 3.63) is 57.8 Å². The molecule has 1 N–H and O–H groups in total. The van der Waals surface area contributed by atoms with Crippen molar-refractivity contribution in [1.82, 2.24) is 5.32 Å². The van der Waals surface area contributed by atoms with E-state index in [0.717, 1.165) is 6.54 Å². The van der Waals surface area contributed by atoms with Crippen molar-refractivity contribution >= 4 is 11.3 Å². The summed E-state index contributed by atoms with van der Waals surface area (Å²) in [6.45, 7) is 5.32. The minimum Gasteiger partial charge on any atom is -0.306 e. The summed E-state index contributed by atoms with van der Waals surface area (Å²) < 4.78 is 0. The fourth-order valence-electron chi connectivity index (χ4n) is 1.95. The first-order valence-electron chi connectivity index (χ1n) is 5.65. The van der Waals surface area contributed by atoms with E-state index in [9.17, 15) is 0 Å². The average Bonchev–Trinajstić information content (AvgIpc) is 2.73. The minimum atomic E-state index is 0.331. The van der Waals surface area contributed by atoms with Crippen LogP contribution >= 0.6 is 11.3 Å². The molecule has 1 aromatic heterocycles. The van der Waals surface area contributed by atoms with Gasteiger partial charge in [-0.2, -0.15) is 0 Å². The summed E-state index contributed by atoms with van der Waals surface area (Å²) in [5.74, 6) is 0. The molecule has 2 rings (SSSR count). The first-order valence-corrected chi connectivity index (χ1v) is 6.53. The molecule has 2 heteroatoms. The van der Waals surface area contributed by atoms with Crippen LogP contribution in [0.5, 0.6) is 0 Å². The minimum absolute atomic E-state index is 0.331. The molecule has 0 bridgehead atoms. The van der Waals surface area contributed by atoms with Crippen LogP contribution in [0, 0.1) is 6.92 Å². The normalized spacial score (nSPS) is 12.6. The fourth-order valence-corrected chi connectivity index (χ4v) is 2.69. The second-order valence-corrected chi connectivity index (χ2v) is 4.95. The van der Waals surface area contributed by atoms with Gasteiger partial charge >= 0.3 is 0 Å². The smallest absolute Gasteiger partial charge is 0.0587 e. The third-order valence-electron chi connectivity index (χ3n) is 2.75. The van der Waals surface area contributed by atoms with E-state index in [1.165, 1.54) is 16.0 Å². The van der Waals surface area contributed by atoms with E-state index >= 15 is 0 Å². The lowest BCUT2D eigenvalue weighted by atomic mass is 9.99. The van der Waals surface area contributed by atoms with Crippen LogP contribution in [0.3, 0.4) is 0 Å². The number of aryl methyl sites for hydroxylation is 1. The molecule has 0 spiro atoms. The highest BCUT2D eigenvalue weighted by atomic mass is 32.1. The van der Waals surface area contributed by atoms with Crippen LogP contribution in [0.15, 0.2) is 41.8 Å². The number of rotatable bonds is 4. The average molecular weight is 231 g/mol. The van der Waals surface area contributed by atoms with Crippen LogP contribution < -0.4 is 5.32 Å². The highest BCUT2D eigenvalue weighted by Gasteiger charge is 2.14. The monoisotopic (exact) mass is 231 g/mol. The summed E-state index contributed by atoms with van der Waals surface area (Å²) in [7, 11) is 0. The first kappa shape index (κ1) is 11.4. The summed E-state index contributed by atoms with van der Waals surface area (Å²) in [6, 6.07) is 13.2. The van der Waals surface area contributed by atoms with Gasteiger partial charge in [-0.05, 0) is 36.0 Å². The lowest BCUT2D eigenvalue weighted by molar-refractivity contribution is 0.630. The number of hydrogen-bond donors (Lipinski definition) is 1. The largest absolute Gasteiger partial charge is 0.306 e. The molecule has 16 heavy (non-hydrogen) atoms. The van der Waals surface area contributed by atoms with E-state index < -0.39 is 0 Å². The zero-order valence-electron chi connectivity index (χ0n) is 9.73. The van der Waals surface area contributed by atoms with Gasteiger partial charge in [-0.3, -0.25) is 0 Å². The van der Waals surface area contributed by atoms with Crippen LogP contribution in [-0.2, 0) is 0 Å². The van der Waals surface area contributed by atoms with Crippen LogP contribution in [0.4, 0.5) is 0 Å². The number of benzene rings is 1. The molecule has 0 radical (unpaired) electrons. The fraction of sp³-hybridized carbons (Fsp3) is 0.286. The molecule has 0 aliphatic heterocycles. The van der Waals surface area contributed by atoms with Gasteiger partial charge in [0.2, 0.25) is 0 Å². The Morgan fingerprint density at radius 1 is 1.19 bits per heavy atom. The highest BCUT2D eigenvalue weighted by molar-refractivity contribution is 7.10. The van der Waals surface area contributed by atoms with Crippen molar-refractivity contribution in [2.24, 2.45) is 0 Å². The first-order chi connectivity index (χ1) is 7.83. The topological polar surface area (TPSA) is 12.0 Å². The van der Waals surface area contributed by atoms with Crippen molar-refractivity contribution in [3.63, 3.8) is 0 Å². The molecule has 1 atom stereocenters. The van der Waals surface area contributed by atoms with Crippen molar-refractivity contribution in [1.29, 1.82) is 0 Å². The van der Waals surface area contributed by atoms with E-state index in [1.807, 2.05) is 11.3 Å². The van der Waals surface area contributed by atoms with Crippen molar-refractivity contribution in [3.8, 4) is 0 Å². The van der Waals surface area contributed by atoms with Gasteiger partial charge in [-0.25, -0.2) is 0 Å². The summed E-state index contributed by atoms with van der Waals surface area (Å²) in [5.41, 5.74) is 2.74. The van der Waals surface area contributed by atoms with E-state index in [4.69, 9.17) is 0 Å². The lowest BCUT2D eigenvalue weighted by Crippen LogP contribution is -2.21. The molecule has 1 heterocycles. The van der Waals surface area contributed by atoms with Crippen molar-refractivity contribution in [2.75, 3.05) is 6.54 Å². The second kappa shape index (κ2) is 5.28. The highest BCUT2D eigenvalue weighted by Crippen LogP contribution is 2.27. The molecule has 0 amide bonds. The maximum Gasteiger partial charge on any atom is 0.0587 e. The van der Waals surface area contributed by atoms with E-state index in [1.54, 1.807) is 0 Å². The Balaban J connectivity index is 2.35. The summed E-state index contributed by atoms with van der Waals surface area (Å²) in [5, 5.41) is 5.71. The zero-order valence-corrected chi connectivity index (χ0v) is 10.6. The maximum absolute atomic E-state index is 3.55. The molecule has 84 valence electrons. The van der Waals surface area contributed by atoms with Gasteiger partial charge in [0.05, 0.1) is 6.04 Å². The Morgan fingerprint density at radius 2 is 1.94 bits per heavy atom. The van der Waals surface area contributed by atoms with Gasteiger partial charge < -0.3 is 5.32 Å². The molecule has 2 aromatic rings. The Labute approximate surface area is 101 Å². The predicted octanol–water partition coefficient (Wildman–Crippen LogP) is 3.76. The van der Waals surface area contributed by atoms with E-state index in [-0.39, 0.29) is 0 Å². The molecular formula is C14H17NS. The van der Waals surface area contributed by atoms with Crippen LogP contribution in [0.25, 0.3) is 0 Å². The molecule has 0 saturated heterocycles. The summed E-state index contributed by atoms with van der Waals surface area (Å²) in [4.78, 5) is 1.40. The van der Waals surface area contributed by atoms with Crippen LogP contribution in [-0.4, -0.2) is 6.54 Å². The quantitative estimate of drug-likeness (QED) is 0.845. The predicted molar refractivity (Wildman–Crippen MR) is 71.0 cm³/mol. The van der Waals surface area contributed by atoms with Gasteiger partial charge in [0.15, 0.2) is 0 Å². The number of hydrogen-bond acceptors (Lipinski definition) is 2. The van der Waals surface area contributed by atoms with E-state index in [0.29, 0.717) is 6.04 Å². The molecule has 0 fully saturated rings. The molecule has 0 saturated carbocycles. The Bertz CT molecular complexity index is 433. The van der Waals surface area contributed by atoms with Crippen LogP contribution in [0.2, 0.25) is 0 Å². The lowest BCUT2D eigenvalue weighted by Gasteiger charge is -2.18. The van der Waals surface area contributed by atoms with Gasteiger partial charge in [-0.1, -0.05) is 37.3 Å². The Morgan fingerprint density at radius 3 is 2.50 bits per heavy atom. The molecular weight excluding hydrogens is 214 g/mol. The Kier molecular flexibility index (Phi) is 3.75. The summed E-state index contributed by atoms with van der Waals surface area (Å²) in [6.07, 6.45) is 0. The second-order valence-electron chi connectivity index (χ2n) is 3.83. The zero-order chi connectivity index (χ0) is 11.4. The third kappa shape index (κ3) is 2.34. The summed E-state index contributed by atoms with van der Waals surface area (Å²) >= 11 is 1.81. The third-order valence-corrected chi connectivity index (χ3v) is 3.61. The van der Waals surface area contributed by atoms with Gasteiger partial charge in [0.25, 0.3) is 0 Å². The van der Waals surface area contributed by atoms with Gasteiger partial charge in [0, 0.05) is 4.88 Å². The van der Waals surface area contributed by atoms with E-state index in [2.05, 4.69) is 60.9 Å². The maximum atomic E-state index is 3.55. The Hall–Kier alpha value is -1.12. The molecule has 0 aliphatic rings.